The van der Waals surface area contributed by atoms with Gasteiger partial charge in [0.2, 0.25) is 0 Å². The van der Waals surface area contributed by atoms with Crippen LogP contribution in [0.15, 0.2) is 17.0 Å². The number of carbonyl (C=O) groups excluding carboxylic acids is 1. The maximum atomic E-state index is 11.1. The molecular weight excluding hydrogens is 224 g/mol. The number of aromatic nitrogens is 1. The molecule has 1 N–H and O–H groups in total. The highest BCUT2D eigenvalue weighted by atomic mass is 32.1. The number of aryl methyl sites for hydroxylation is 1. The van der Waals surface area contributed by atoms with E-state index in [9.17, 15) is 4.79 Å². The highest BCUT2D eigenvalue weighted by Crippen LogP contribution is 2.07. The maximum Gasteiger partial charge on any atom is 0.333 e. The first kappa shape index (κ1) is 12.9. The molecule has 1 aromatic rings. The lowest BCUT2D eigenvalue weighted by molar-refractivity contribution is -0.136. The number of nitrogens with zero attached hydrogens (tertiary/aromatic N) is 1. The first-order valence-electron chi connectivity index (χ1n) is 5.00. The third kappa shape index (κ3) is 4.12. The number of esters is 1. The summed E-state index contributed by atoms with van der Waals surface area (Å²) in [4.78, 5) is 15.4. The zero-order valence-electron chi connectivity index (χ0n) is 9.74. The minimum absolute atomic E-state index is 0.286. The van der Waals surface area contributed by atoms with E-state index in [2.05, 4.69) is 15.0 Å². The fraction of sp³-hybridized carbons (Fsp3) is 0.455. The lowest BCUT2D eigenvalue weighted by Crippen LogP contribution is -2.14. The van der Waals surface area contributed by atoms with Crippen LogP contribution in [0.5, 0.6) is 0 Å². The van der Waals surface area contributed by atoms with Crippen LogP contribution in [0.1, 0.15) is 17.6 Å². The van der Waals surface area contributed by atoms with Gasteiger partial charge < -0.3 is 10.1 Å². The minimum Gasteiger partial charge on any atom is -0.466 e. The van der Waals surface area contributed by atoms with Gasteiger partial charge in [0.05, 0.1) is 17.8 Å². The molecule has 0 aromatic carbocycles. The van der Waals surface area contributed by atoms with Crippen molar-refractivity contribution in [1.82, 2.24) is 10.3 Å². The van der Waals surface area contributed by atoms with Gasteiger partial charge in [0.15, 0.2) is 0 Å². The highest BCUT2D eigenvalue weighted by Gasteiger charge is 2.01. The number of hydrogen-bond donors (Lipinski definition) is 1. The molecule has 0 saturated heterocycles. The van der Waals surface area contributed by atoms with Crippen LogP contribution in [0.25, 0.3) is 0 Å². The molecule has 0 aliphatic heterocycles. The van der Waals surface area contributed by atoms with E-state index in [-0.39, 0.29) is 5.97 Å². The van der Waals surface area contributed by atoms with Crippen LogP contribution in [0.4, 0.5) is 0 Å². The van der Waals surface area contributed by atoms with Crippen molar-refractivity contribution in [2.45, 2.75) is 20.4 Å². The van der Waals surface area contributed by atoms with E-state index in [0.717, 1.165) is 17.2 Å². The summed E-state index contributed by atoms with van der Waals surface area (Å²) in [5, 5.41) is 6.28. The number of ether oxygens (including phenoxy) is 1. The smallest absolute Gasteiger partial charge is 0.333 e. The van der Waals surface area contributed by atoms with Gasteiger partial charge in [-0.3, -0.25) is 0 Å². The van der Waals surface area contributed by atoms with Crippen molar-refractivity contribution in [3.63, 3.8) is 0 Å². The van der Waals surface area contributed by atoms with Gasteiger partial charge in [-0.25, -0.2) is 9.78 Å². The lowest BCUT2D eigenvalue weighted by Gasteiger charge is -2.00. The fourth-order valence-corrected chi connectivity index (χ4v) is 1.77. The normalized spacial score (nSPS) is 11.6. The van der Waals surface area contributed by atoms with E-state index in [0.29, 0.717) is 12.1 Å². The number of methoxy groups -OCH3 is 1. The minimum atomic E-state index is -0.286. The Kier molecular flexibility index (Phi) is 5.14. The summed E-state index contributed by atoms with van der Waals surface area (Å²) in [6.45, 7) is 5.07. The van der Waals surface area contributed by atoms with Crippen LogP contribution in [0.2, 0.25) is 0 Å². The summed E-state index contributed by atoms with van der Waals surface area (Å²) >= 11 is 1.64. The highest BCUT2D eigenvalue weighted by molar-refractivity contribution is 7.09. The van der Waals surface area contributed by atoms with Crippen molar-refractivity contribution in [2.24, 2.45) is 0 Å². The van der Waals surface area contributed by atoms with E-state index in [4.69, 9.17) is 0 Å². The molecule has 0 aliphatic carbocycles. The second kappa shape index (κ2) is 6.40. The molecule has 0 saturated carbocycles. The molecule has 0 amide bonds. The first-order valence-corrected chi connectivity index (χ1v) is 5.88. The van der Waals surface area contributed by atoms with Crippen molar-refractivity contribution in [3.05, 3.63) is 27.7 Å². The van der Waals surface area contributed by atoms with E-state index < -0.39 is 0 Å². The van der Waals surface area contributed by atoms with Crippen molar-refractivity contribution >= 4 is 17.3 Å². The summed E-state index contributed by atoms with van der Waals surface area (Å²) in [6, 6.07) is 0. The Hall–Kier alpha value is -1.20. The summed E-state index contributed by atoms with van der Waals surface area (Å²) in [7, 11) is 1.38. The van der Waals surface area contributed by atoms with Crippen LogP contribution < -0.4 is 5.32 Å². The predicted molar refractivity (Wildman–Crippen MR) is 64.3 cm³/mol. The molecule has 0 aliphatic rings. The van der Waals surface area contributed by atoms with Gasteiger partial charge in [-0.1, -0.05) is 6.08 Å². The summed E-state index contributed by atoms with van der Waals surface area (Å²) < 4.78 is 4.58. The number of carbonyl (C=O) groups is 1. The second-order valence-corrected chi connectivity index (χ2v) is 4.43. The van der Waals surface area contributed by atoms with Gasteiger partial charge in [-0.05, 0) is 13.8 Å². The first-order chi connectivity index (χ1) is 7.63. The van der Waals surface area contributed by atoms with Crippen LogP contribution >= 0.6 is 11.3 Å². The molecule has 88 valence electrons. The molecule has 0 unspecified atom stereocenters. The largest absolute Gasteiger partial charge is 0.466 e. The number of hydrogen-bond acceptors (Lipinski definition) is 5. The zero-order valence-corrected chi connectivity index (χ0v) is 10.6. The predicted octanol–water partition coefficient (Wildman–Crippen LogP) is 1.66. The van der Waals surface area contributed by atoms with E-state index in [1.165, 1.54) is 7.11 Å². The molecule has 0 bridgehead atoms. The Labute approximate surface area is 99.3 Å². The lowest BCUT2D eigenvalue weighted by atomic mass is 10.3. The van der Waals surface area contributed by atoms with Crippen molar-refractivity contribution < 1.29 is 9.53 Å². The zero-order chi connectivity index (χ0) is 12.0. The molecule has 0 radical (unpaired) electrons. The Morgan fingerprint density at radius 3 is 3.00 bits per heavy atom. The number of rotatable bonds is 5. The molecule has 1 aromatic heterocycles. The van der Waals surface area contributed by atoms with Crippen LogP contribution in [0, 0.1) is 6.92 Å². The van der Waals surface area contributed by atoms with Gasteiger partial charge in [0, 0.05) is 24.0 Å². The SMILES string of the molecule is COC(=O)C(C)=CCNCc1csc(C)n1. The molecule has 0 atom stereocenters. The number of thiazole rings is 1. The number of nitrogens with one attached hydrogen (secondary N) is 1. The average Bonchev–Trinajstić information content (AvgIpc) is 2.69. The quantitative estimate of drug-likeness (QED) is 0.483. The van der Waals surface area contributed by atoms with Crippen molar-refractivity contribution in [2.75, 3.05) is 13.7 Å². The molecular formula is C11H16N2O2S. The topological polar surface area (TPSA) is 51.2 Å². The van der Waals surface area contributed by atoms with Gasteiger partial charge in [0.1, 0.15) is 0 Å². The van der Waals surface area contributed by atoms with Gasteiger partial charge >= 0.3 is 5.97 Å². The third-order valence-corrected chi connectivity index (χ3v) is 2.85. The molecule has 1 rings (SSSR count). The van der Waals surface area contributed by atoms with Crippen molar-refractivity contribution in [3.8, 4) is 0 Å². The summed E-state index contributed by atoms with van der Waals surface area (Å²) in [6.07, 6.45) is 1.81. The monoisotopic (exact) mass is 240 g/mol. The van der Waals surface area contributed by atoms with E-state index in [1.54, 1.807) is 18.3 Å². The van der Waals surface area contributed by atoms with Crippen LogP contribution in [-0.2, 0) is 16.1 Å². The Balaban J connectivity index is 2.28. The van der Waals surface area contributed by atoms with Gasteiger partial charge in [-0.15, -0.1) is 11.3 Å². The van der Waals surface area contributed by atoms with Gasteiger partial charge in [-0.2, -0.15) is 0 Å². The molecule has 0 spiro atoms. The van der Waals surface area contributed by atoms with E-state index in [1.807, 2.05) is 18.4 Å². The molecule has 16 heavy (non-hydrogen) atoms. The second-order valence-electron chi connectivity index (χ2n) is 3.37. The summed E-state index contributed by atoms with van der Waals surface area (Å²) in [5.41, 5.74) is 1.65. The molecule has 4 nitrogen and oxygen atoms in total. The standard InChI is InChI=1S/C11H16N2O2S/c1-8(11(14)15-3)4-5-12-6-10-7-16-9(2)13-10/h4,7,12H,5-6H2,1-3H3. The van der Waals surface area contributed by atoms with Crippen LogP contribution in [-0.4, -0.2) is 24.6 Å². The third-order valence-electron chi connectivity index (χ3n) is 2.03. The maximum absolute atomic E-state index is 11.1. The van der Waals surface area contributed by atoms with Gasteiger partial charge in [0.25, 0.3) is 0 Å². The molecule has 5 heteroatoms. The van der Waals surface area contributed by atoms with E-state index >= 15 is 0 Å². The average molecular weight is 240 g/mol. The molecule has 1 heterocycles. The van der Waals surface area contributed by atoms with Crippen molar-refractivity contribution in [1.29, 1.82) is 0 Å². The van der Waals surface area contributed by atoms with Crippen LogP contribution in [0.3, 0.4) is 0 Å². The Morgan fingerprint density at radius 2 is 2.44 bits per heavy atom. The Bertz CT molecular complexity index is 385. The fourth-order valence-electron chi connectivity index (χ4n) is 1.16. The molecule has 0 fully saturated rings. The Morgan fingerprint density at radius 1 is 1.69 bits per heavy atom. The summed E-state index contributed by atoms with van der Waals surface area (Å²) in [5.74, 6) is -0.286.